The van der Waals surface area contributed by atoms with E-state index in [-0.39, 0.29) is 10.2 Å². The Bertz CT molecular complexity index is 453. The van der Waals surface area contributed by atoms with Crippen molar-refractivity contribution in [3.05, 3.63) is 27.7 Å². The van der Waals surface area contributed by atoms with Crippen LogP contribution in [-0.4, -0.2) is 12.2 Å². The van der Waals surface area contributed by atoms with E-state index in [1.807, 2.05) is 0 Å². The zero-order valence-electron chi connectivity index (χ0n) is 8.94. The van der Waals surface area contributed by atoms with Gasteiger partial charge in [0, 0.05) is 10.0 Å². The van der Waals surface area contributed by atoms with Gasteiger partial charge in [-0.1, -0.05) is 15.9 Å². The SMILES string of the molecule is COc1cc(C(F)(F)F)cc(Br)c1C1(O)CC1. The van der Waals surface area contributed by atoms with Crippen LogP contribution in [0.4, 0.5) is 13.2 Å². The molecule has 0 aromatic heterocycles. The van der Waals surface area contributed by atoms with Crippen molar-refractivity contribution in [2.75, 3.05) is 7.11 Å². The van der Waals surface area contributed by atoms with Gasteiger partial charge in [-0.15, -0.1) is 0 Å². The molecule has 1 aromatic rings. The van der Waals surface area contributed by atoms with Crippen molar-refractivity contribution in [3.63, 3.8) is 0 Å². The smallest absolute Gasteiger partial charge is 0.416 e. The van der Waals surface area contributed by atoms with Gasteiger partial charge in [0.25, 0.3) is 0 Å². The summed E-state index contributed by atoms with van der Waals surface area (Å²) in [4.78, 5) is 0. The summed E-state index contributed by atoms with van der Waals surface area (Å²) in [6.07, 6.45) is -3.36. The van der Waals surface area contributed by atoms with E-state index in [0.717, 1.165) is 12.1 Å². The summed E-state index contributed by atoms with van der Waals surface area (Å²) in [7, 11) is 1.29. The van der Waals surface area contributed by atoms with Crippen molar-refractivity contribution in [3.8, 4) is 5.75 Å². The Balaban J connectivity index is 2.56. The van der Waals surface area contributed by atoms with Crippen LogP contribution in [0, 0.1) is 0 Å². The van der Waals surface area contributed by atoms with Gasteiger partial charge in [0.15, 0.2) is 0 Å². The number of ether oxygens (including phenoxy) is 1. The van der Waals surface area contributed by atoms with Crippen molar-refractivity contribution >= 4 is 15.9 Å². The molecule has 0 heterocycles. The average Bonchev–Trinajstić information content (AvgIpc) is 2.94. The molecule has 0 saturated heterocycles. The number of aliphatic hydroxyl groups is 1. The fourth-order valence-corrected chi connectivity index (χ4v) is 2.54. The first-order chi connectivity index (χ1) is 7.78. The molecule has 0 unspecified atom stereocenters. The van der Waals surface area contributed by atoms with Crippen LogP contribution in [0.5, 0.6) is 5.75 Å². The minimum atomic E-state index is -4.43. The Morgan fingerprint density at radius 1 is 1.35 bits per heavy atom. The summed E-state index contributed by atoms with van der Waals surface area (Å²) in [5.41, 5.74) is -1.45. The highest BCUT2D eigenvalue weighted by molar-refractivity contribution is 9.10. The fourth-order valence-electron chi connectivity index (χ4n) is 1.73. The normalized spacial score (nSPS) is 18.0. The number of hydrogen-bond acceptors (Lipinski definition) is 2. The van der Waals surface area contributed by atoms with Crippen LogP contribution >= 0.6 is 15.9 Å². The zero-order valence-corrected chi connectivity index (χ0v) is 10.5. The lowest BCUT2D eigenvalue weighted by molar-refractivity contribution is -0.137. The Kier molecular flexibility index (Phi) is 2.90. The van der Waals surface area contributed by atoms with E-state index < -0.39 is 17.3 Å². The average molecular weight is 311 g/mol. The maximum Gasteiger partial charge on any atom is 0.416 e. The minimum Gasteiger partial charge on any atom is -0.496 e. The Hall–Kier alpha value is -0.750. The predicted molar refractivity (Wildman–Crippen MR) is 58.8 cm³/mol. The third-order valence-electron chi connectivity index (χ3n) is 2.79. The van der Waals surface area contributed by atoms with Crippen molar-refractivity contribution in [1.29, 1.82) is 0 Å². The summed E-state index contributed by atoms with van der Waals surface area (Å²) in [6.45, 7) is 0. The molecule has 0 amide bonds. The summed E-state index contributed by atoms with van der Waals surface area (Å²) >= 11 is 3.07. The van der Waals surface area contributed by atoms with Gasteiger partial charge in [-0.05, 0) is 25.0 Å². The number of benzene rings is 1. The number of halogens is 4. The molecule has 0 atom stereocenters. The van der Waals surface area contributed by atoms with E-state index in [4.69, 9.17) is 4.74 Å². The summed E-state index contributed by atoms with van der Waals surface area (Å²) in [5.74, 6) is 0.0618. The molecule has 0 aliphatic heterocycles. The van der Waals surface area contributed by atoms with E-state index in [2.05, 4.69) is 15.9 Å². The molecule has 0 bridgehead atoms. The molecule has 1 N–H and O–H groups in total. The van der Waals surface area contributed by atoms with E-state index in [9.17, 15) is 18.3 Å². The molecule has 6 heteroatoms. The molecule has 1 saturated carbocycles. The van der Waals surface area contributed by atoms with Crippen LogP contribution in [0.3, 0.4) is 0 Å². The monoisotopic (exact) mass is 310 g/mol. The molecule has 17 heavy (non-hydrogen) atoms. The van der Waals surface area contributed by atoms with Crippen LogP contribution in [0.25, 0.3) is 0 Å². The molecule has 1 aliphatic carbocycles. The first kappa shape index (κ1) is 12.7. The molecule has 94 valence electrons. The molecule has 0 spiro atoms. The first-order valence-electron chi connectivity index (χ1n) is 4.95. The largest absolute Gasteiger partial charge is 0.496 e. The lowest BCUT2D eigenvalue weighted by Gasteiger charge is -2.18. The van der Waals surface area contributed by atoms with Gasteiger partial charge < -0.3 is 9.84 Å². The quantitative estimate of drug-likeness (QED) is 0.906. The highest BCUT2D eigenvalue weighted by atomic mass is 79.9. The predicted octanol–water partition coefficient (Wildman–Crippen LogP) is 3.46. The van der Waals surface area contributed by atoms with Gasteiger partial charge in [-0.3, -0.25) is 0 Å². The highest BCUT2D eigenvalue weighted by Gasteiger charge is 2.46. The second-order valence-electron chi connectivity index (χ2n) is 4.06. The highest BCUT2D eigenvalue weighted by Crippen LogP contribution is 2.52. The molecular formula is C11H10BrF3O2. The maximum absolute atomic E-state index is 12.6. The molecule has 1 aromatic carbocycles. The lowest BCUT2D eigenvalue weighted by Crippen LogP contribution is -2.11. The third kappa shape index (κ3) is 2.28. The van der Waals surface area contributed by atoms with Crippen molar-refractivity contribution < 1.29 is 23.0 Å². The van der Waals surface area contributed by atoms with E-state index in [1.165, 1.54) is 7.11 Å². The number of methoxy groups -OCH3 is 1. The molecule has 0 radical (unpaired) electrons. The van der Waals surface area contributed by atoms with Gasteiger partial charge in [0.1, 0.15) is 5.75 Å². The number of alkyl halides is 3. The van der Waals surface area contributed by atoms with Crippen LogP contribution in [-0.2, 0) is 11.8 Å². The van der Waals surface area contributed by atoms with E-state index in [0.29, 0.717) is 18.4 Å². The van der Waals surface area contributed by atoms with Gasteiger partial charge in [0.05, 0.1) is 18.3 Å². The van der Waals surface area contributed by atoms with E-state index >= 15 is 0 Å². The zero-order chi connectivity index (χ0) is 12.8. The van der Waals surface area contributed by atoms with Gasteiger partial charge >= 0.3 is 6.18 Å². The summed E-state index contributed by atoms with van der Waals surface area (Å²) in [5, 5.41) is 10.00. The van der Waals surface area contributed by atoms with Crippen LogP contribution < -0.4 is 4.74 Å². The Labute approximate surface area is 105 Å². The summed E-state index contributed by atoms with van der Waals surface area (Å²) < 4.78 is 42.9. The van der Waals surface area contributed by atoms with E-state index in [1.54, 1.807) is 0 Å². The maximum atomic E-state index is 12.6. The van der Waals surface area contributed by atoms with Crippen molar-refractivity contribution in [2.45, 2.75) is 24.6 Å². The molecule has 2 nitrogen and oxygen atoms in total. The fraction of sp³-hybridized carbons (Fsp3) is 0.455. The first-order valence-corrected chi connectivity index (χ1v) is 5.75. The second kappa shape index (κ2) is 3.88. The van der Waals surface area contributed by atoms with Crippen LogP contribution in [0.15, 0.2) is 16.6 Å². The Morgan fingerprint density at radius 2 is 1.94 bits per heavy atom. The van der Waals surface area contributed by atoms with Gasteiger partial charge in [-0.25, -0.2) is 0 Å². The number of hydrogen-bond donors (Lipinski definition) is 1. The lowest BCUT2D eigenvalue weighted by atomic mass is 10.0. The molecular weight excluding hydrogens is 301 g/mol. The van der Waals surface area contributed by atoms with Crippen LogP contribution in [0.2, 0.25) is 0 Å². The topological polar surface area (TPSA) is 29.5 Å². The van der Waals surface area contributed by atoms with Gasteiger partial charge in [0.2, 0.25) is 0 Å². The van der Waals surface area contributed by atoms with Crippen LogP contribution in [0.1, 0.15) is 24.0 Å². The standard InChI is InChI=1S/C11H10BrF3O2/c1-17-8-5-6(11(13,14)15)4-7(12)9(8)10(16)2-3-10/h4-5,16H,2-3H2,1H3. The minimum absolute atomic E-state index is 0.0618. The summed E-state index contributed by atoms with van der Waals surface area (Å²) in [6, 6.07) is 1.88. The van der Waals surface area contributed by atoms with Gasteiger partial charge in [-0.2, -0.15) is 13.2 Å². The molecule has 1 aliphatic rings. The van der Waals surface area contributed by atoms with Crippen molar-refractivity contribution in [2.24, 2.45) is 0 Å². The molecule has 1 fully saturated rings. The molecule has 2 rings (SSSR count). The second-order valence-corrected chi connectivity index (χ2v) is 4.92. The Morgan fingerprint density at radius 3 is 2.35 bits per heavy atom. The third-order valence-corrected chi connectivity index (χ3v) is 3.42. The number of rotatable bonds is 2. The van der Waals surface area contributed by atoms with Crippen molar-refractivity contribution in [1.82, 2.24) is 0 Å².